The molecule has 3 heterocycles. The van der Waals surface area contributed by atoms with Crippen LogP contribution in [0.5, 0.6) is 0 Å². The second kappa shape index (κ2) is 7.94. The lowest BCUT2D eigenvalue weighted by Crippen LogP contribution is -2.63. The maximum atomic E-state index is 13.4. The summed E-state index contributed by atoms with van der Waals surface area (Å²) in [6.07, 6.45) is 0.787. The summed E-state index contributed by atoms with van der Waals surface area (Å²) in [7, 11) is 0. The molecule has 1 aromatic heterocycles. The molecule has 0 radical (unpaired) electrons. The van der Waals surface area contributed by atoms with E-state index in [0.717, 1.165) is 22.2 Å². The fraction of sp³-hybridized carbons (Fsp3) is 0.304. The van der Waals surface area contributed by atoms with E-state index in [4.69, 9.17) is 0 Å². The lowest BCUT2D eigenvalue weighted by molar-refractivity contribution is -0.158. The molecule has 0 aliphatic carbocycles. The van der Waals surface area contributed by atoms with Gasteiger partial charge in [-0.1, -0.05) is 30.3 Å². The second-order valence-corrected chi connectivity index (χ2v) is 8.19. The Morgan fingerprint density at radius 1 is 1.16 bits per heavy atom. The van der Waals surface area contributed by atoms with Crippen LogP contribution in [0, 0.1) is 5.21 Å². The quantitative estimate of drug-likeness (QED) is 0.526. The fourth-order valence-electron chi connectivity index (χ4n) is 4.93. The van der Waals surface area contributed by atoms with Crippen molar-refractivity contribution in [1.29, 1.82) is 0 Å². The van der Waals surface area contributed by atoms with Crippen molar-refractivity contribution < 1.29 is 19.9 Å². The SMILES string of the molecule is O=C1[C@@H]2Cc3c([nH]c4ccccc34)C(c3cccc(N([O-])O)c3)N2C(=O)CN1CCCO. The van der Waals surface area contributed by atoms with E-state index in [1.54, 1.807) is 17.0 Å². The molecule has 2 aliphatic heterocycles. The highest BCUT2D eigenvalue weighted by atomic mass is 16.8. The number of para-hydroxylation sites is 1. The van der Waals surface area contributed by atoms with Crippen LogP contribution in [0.25, 0.3) is 10.9 Å². The van der Waals surface area contributed by atoms with Crippen molar-refractivity contribution in [2.45, 2.75) is 24.9 Å². The van der Waals surface area contributed by atoms with E-state index < -0.39 is 12.1 Å². The summed E-state index contributed by atoms with van der Waals surface area (Å²) >= 11 is 0. The molecular formula is C23H23N4O5-. The Kier molecular flexibility index (Phi) is 5.09. The molecule has 166 valence electrons. The molecule has 9 heteroatoms. The summed E-state index contributed by atoms with van der Waals surface area (Å²) in [5.41, 5.74) is 3.34. The number of rotatable bonds is 5. The molecule has 2 amide bonds. The number of anilines is 1. The number of aromatic nitrogens is 1. The molecule has 3 aromatic rings. The first kappa shape index (κ1) is 20.5. The maximum absolute atomic E-state index is 13.4. The van der Waals surface area contributed by atoms with Gasteiger partial charge in [0.05, 0.1) is 18.3 Å². The summed E-state index contributed by atoms with van der Waals surface area (Å²) in [4.78, 5) is 33.2. The van der Waals surface area contributed by atoms with Crippen molar-refractivity contribution >= 4 is 28.4 Å². The molecule has 0 spiro atoms. The van der Waals surface area contributed by atoms with E-state index in [1.165, 1.54) is 17.0 Å². The van der Waals surface area contributed by atoms with E-state index >= 15 is 0 Å². The number of hydrogen-bond acceptors (Lipinski definition) is 6. The smallest absolute Gasteiger partial charge is 0.246 e. The molecule has 2 aromatic carbocycles. The molecule has 1 fully saturated rings. The Bertz CT molecular complexity index is 1190. The minimum atomic E-state index is -0.687. The zero-order chi connectivity index (χ0) is 22.4. The van der Waals surface area contributed by atoms with Crippen LogP contribution in [0.3, 0.4) is 0 Å². The topological polar surface area (TPSA) is 123 Å². The van der Waals surface area contributed by atoms with Gasteiger partial charge in [-0.15, -0.1) is 0 Å². The highest BCUT2D eigenvalue weighted by Crippen LogP contribution is 2.43. The number of aliphatic hydroxyl groups is 1. The van der Waals surface area contributed by atoms with Crippen LogP contribution >= 0.6 is 0 Å². The number of amides is 2. The third-order valence-electron chi connectivity index (χ3n) is 6.34. The first-order valence-corrected chi connectivity index (χ1v) is 10.6. The number of nitrogens with one attached hydrogen (secondary N) is 1. The van der Waals surface area contributed by atoms with Gasteiger partial charge in [0.25, 0.3) is 0 Å². The predicted molar refractivity (Wildman–Crippen MR) is 117 cm³/mol. The Labute approximate surface area is 184 Å². The van der Waals surface area contributed by atoms with E-state index in [-0.39, 0.29) is 35.9 Å². The summed E-state index contributed by atoms with van der Waals surface area (Å²) in [5, 5.41) is 30.9. The van der Waals surface area contributed by atoms with Crippen LogP contribution in [0.15, 0.2) is 48.5 Å². The number of aliphatic hydroxyl groups excluding tert-OH is 1. The van der Waals surface area contributed by atoms with Crippen molar-refractivity contribution in [3.8, 4) is 0 Å². The number of fused-ring (bicyclic) bond motifs is 4. The number of nitrogens with zero attached hydrogens (tertiary/aromatic N) is 3. The Balaban J connectivity index is 1.67. The third kappa shape index (κ3) is 3.22. The lowest BCUT2D eigenvalue weighted by atomic mass is 9.86. The zero-order valence-electron chi connectivity index (χ0n) is 17.3. The molecule has 0 bridgehead atoms. The molecule has 3 N–H and O–H groups in total. The first-order valence-electron chi connectivity index (χ1n) is 10.6. The van der Waals surface area contributed by atoms with Gasteiger partial charge in [0.15, 0.2) is 0 Å². The van der Waals surface area contributed by atoms with Crippen molar-refractivity contribution in [3.63, 3.8) is 0 Å². The van der Waals surface area contributed by atoms with E-state index in [1.807, 2.05) is 24.3 Å². The highest BCUT2D eigenvalue weighted by molar-refractivity contribution is 5.97. The molecule has 1 saturated heterocycles. The van der Waals surface area contributed by atoms with E-state index in [2.05, 4.69) is 4.98 Å². The number of H-pyrrole nitrogens is 1. The highest BCUT2D eigenvalue weighted by Gasteiger charge is 2.48. The van der Waals surface area contributed by atoms with Gasteiger partial charge >= 0.3 is 0 Å². The zero-order valence-corrected chi connectivity index (χ0v) is 17.3. The van der Waals surface area contributed by atoms with Crippen LogP contribution in [0.1, 0.15) is 29.3 Å². The van der Waals surface area contributed by atoms with Crippen LogP contribution < -0.4 is 5.23 Å². The summed E-state index contributed by atoms with van der Waals surface area (Å²) in [6, 6.07) is 12.9. The summed E-state index contributed by atoms with van der Waals surface area (Å²) in [6.45, 7) is 0.206. The predicted octanol–water partition coefficient (Wildman–Crippen LogP) is 1.93. The van der Waals surface area contributed by atoms with Gasteiger partial charge in [-0.3, -0.25) is 14.8 Å². The number of hydrogen-bond donors (Lipinski definition) is 3. The summed E-state index contributed by atoms with van der Waals surface area (Å²) < 4.78 is 0. The normalized spacial score (nSPS) is 20.5. The van der Waals surface area contributed by atoms with Crippen molar-refractivity contribution in [2.75, 3.05) is 24.9 Å². The summed E-state index contributed by atoms with van der Waals surface area (Å²) in [5.74, 6) is -0.349. The standard InChI is InChI=1S/C23H23N4O5/c28-10-4-9-25-13-20(29)26-19(23(25)30)12-17-16-7-1-2-8-18(16)24-21(17)22(26)14-5-3-6-15(11-14)27(31)32/h1-3,5-8,11,19,22,24,28,31H,4,9-10,12-13H2/q-1/t19-,22?/m0/s1. The Morgan fingerprint density at radius 2 is 1.97 bits per heavy atom. The van der Waals surface area contributed by atoms with Crippen molar-refractivity contribution in [1.82, 2.24) is 14.8 Å². The number of benzene rings is 2. The monoisotopic (exact) mass is 435 g/mol. The van der Waals surface area contributed by atoms with Gasteiger partial charge in [-0.05, 0) is 35.7 Å². The van der Waals surface area contributed by atoms with E-state index in [9.17, 15) is 25.1 Å². The lowest BCUT2D eigenvalue weighted by Gasteiger charge is -2.47. The largest absolute Gasteiger partial charge is 0.733 e. The van der Waals surface area contributed by atoms with Crippen LogP contribution in [-0.2, 0) is 16.0 Å². The number of carbonyl (C=O) groups excluding carboxylic acids is 2. The molecule has 5 rings (SSSR count). The number of carbonyl (C=O) groups is 2. The molecule has 2 atom stereocenters. The average Bonchev–Trinajstić information content (AvgIpc) is 3.17. The minimum Gasteiger partial charge on any atom is -0.733 e. The second-order valence-electron chi connectivity index (χ2n) is 8.19. The molecular weight excluding hydrogens is 412 g/mol. The van der Waals surface area contributed by atoms with Gasteiger partial charge < -0.3 is 30.3 Å². The molecule has 0 saturated carbocycles. The Hall–Kier alpha value is -3.40. The van der Waals surface area contributed by atoms with Crippen LogP contribution in [0.4, 0.5) is 5.69 Å². The Morgan fingerprint density at radius 3 is 2.75 bits per heavy atom. The third-order valence-corrected chi connectivity index (χ3v) is 6.34. The molecule has 32 heavy (non-hydrogen) atoms. The van der Waals surface area contributed by atoms with E-state index in [0.29, 0.717) is 24.9 Å². The maximum Gasteiger partial charge on any atom is 0.246 e. The van der Waals surface area contributed by atoms with Gasteiger partial charge in [0, 0.05) is 36.2 Å². The van der Waals surface area contributed by atoms with Crippen molar-refractivity contribution in [3.05, 3.63) is 70.6 Å². The fourth-order valence-corrected chi connectivity index (χ4v) is 4.93. The molecule has 2 aliphatic rings. The van der Waals surface area contributed by atoms with Gasteiger partial charge in [0.1, 0.15) is 6.04 Å². The van der Waals surface area contributed by atoms with Crippen molar-refractivity contribution in [2.24, 2.45) is 0 Å². The molecule has 9 nitrogen and oxygen atoms in total. The van der Waals surface area contributed by atoms with Gasteiger partial charge in [-0.25, -0.2) is 0 Å². The van der Waals surface area contributed by atoms with Gasteiger partial charge in [-0.2, -0.15) is 0 Å². The van der Waals surface area contributed by atoms with Crippen LogP contribution in [0.2, 0.25) is 0 Å². The average molecular weight is 435 g/mol. The minimum absolute atomic E-state index is 0.0441. The number of piperazine rings is 1. The van der Waals surface area contributed by atoms with Gasteiger partial charge in [0.2, 0.25) is 11.8 Å². The molecule has 1 unspecified atom stereocenters. The van der Waals surface area contributed by atoms with Crippen LogP contribution in [-0.4, -0.2) is 62.7 Å². The number of aromatic amines is 1. The first-order chi connectivity index (χ1) is 15.5.